The third-order valence-corrected chi connectivity index (χ3v) is 2.25. The zero-order chi connectivity index (χ0) is 9.26. The Balaban J connectivity index is 2.33. The molecule has 4 heteroatoms. The van der Waals surface area contributed by atoms with Gasteiger partial charge in [-0.25, -0.2) is 15.8 Å². The fourth-order valence-corrected chi connectivity index (χ4v) is 1.34. The quantitative estimate of drug-likeness (QED) is 0.539. The van der Waals surface area contributed by atoms with E-state index in [0.717, 1.165) is 23.8 Å². The smallest absolute Gasteiger partial charge is 0.143 e. The van der Waals surface area contributed by atoms with E-state index in [1.54, 1.807) is 0 Å². The van der Waals surface area contributed by atoms with E-state index in [9.17, 15) is 0 Å². The molecule has 70 valence electrons. The summed E-state index contributed by atoms with van der Waals surface area (Å²) in [4.78, 5) is 8.69. The van der Waals surface area contributed by atoms with Gasteiger partial charge in [0.15, 0.2) is 0 Å². The van der Waals surface area contributed by atoms with E-state index in [0.29, 0.717) is 5.92 Å². The minimum Gasteiger partial charge on any atom is -0.308 e. The molecule has 1 saturated carbocycles. The van der Waals surface area contributed by atoms with Crippen LogP contribution in [0.3, 0.4) is 0 Å². The summed E-state index contributed by atoms with van der Waals surface area (Å²) in [6.07, 6.45) is 3.36. The molecule has 0 bridgehead atoms. The molecular weight excluding hydrogens is 164 g/mol. The van der Waals surface area contributed by atoms with Crippen LogP contribution in [0.2, 0.25) is 0 Å². The van der Waals surface area contributed by atoms with Crippen molar-refractivity contribution in [3.8, 4) is 0 Å². The van der Waals surface area contributed by atoms with Gasteiger partial charge in [-0.3, -0.25) is 0 Å². The standard InChI is InChI=1S/C9H14N4/c1-2-8-11-7(6-3-4-6)5-9(12-8)13-10/h5-6H,2-4,10H2,1H3,(H,11,12,13). The van der Waals surface area contributed by atoms with E-state index in [-0.39, 0.29) is 0 Å². The summed E-state index contributed by atoms with van der Waals surface area (Å²) in [5.41, 5.74) is 3.71. The molecule has 0 spiro atoms. The van der Waals surface area contributed by atoms with E-state index < -0.39 is 0 Å². The van der Waals surface area contributed by atoms with E-state index in [1.165, 1.54) is 12.8 Å². The van der Waals surface area contributed by atoms with Crippen LogP contribution in [-0.4, -0.2) is 9.97 Å². The first-order valence-corrected chi connectivity index (χ1v) is 4.68. The molecular formula is C9H14N4. The zero-order valence-electron chi connectivity index (χ0n) is 7.75. The van der Waals surface area contributed by atoms with Crippen molar-refractivity contribution in [1.29, 1.82) is 0 Å². The number of hydrogen-bond acceptors (Lipinski definition) is 4. The Labute approximate surface area is 77.5 Å². The number of hydrogen-bond donors (Lipinski definition) is 2. The van der Waals surface area contributed by atoms with Gasteiger partial charge in [0.05, 0.1) is 0 Å². The normalized spacial score (nSPS) is 15.8. The summed E-state index contributed by atoms with van der Waals surface area (Å²) < 4.78 is 0. The number of nitrogen functional groups attached to an aromatic ring is 1. The Morgan fingerprint density at radius 2 is 2.31 bits per heavy atom. The fraction of sp³-hybridized carbons (Fsp3) is 0.556. The average Bonchev–Trinajstić information content (AvgIpc) is 3.00. The number of rotatable bonds is 3. The molecule has 1 aliphatic rings. The Kier molecular flexibility index (Phi) is 2.14. The van der Waals surface area contributed by atoms with Crippen molar-refractivity contribution < 1.29 is 0 Å². The Bertz CT molecular complexity index is 284. The lowest BCUT2D eigenvalue weighted by atomic mass is 10.2. The number of aryl methyl sites for hydroxylation is 1. The van der Waals surface area contributed by atoms with Crippen LogP contribution < -0.4 is 11.3 Å². The molecule has 1 aliphatic carbocycles. The zero-order valence-corrected chi connectivity index (χ0v) is 7.75. The fourth-order valence-electron chi connectivity index (χ4n) is 1.34. The topological polar surface area (TPSA) is 63.8 Å². The maximum Gasteiger partial charge on any atom is 0.143 e. The summed E-state index contributed by atoms with van der Waals surface area (Å²) >= 11 is 0. The Morgan fingerprint density at radius 1 is 1.54 bits per heavy atom. The van der Waals surface area contributed by atoms with E-state index in [2.05, 4.69) is 15.4 Å². The highest BCUT2D eigenvalue weighted by atomic mass is 15.3. The van der Waals surface area contributed by atoms with Gasteiger partial charge < -0.3 is 5.43 Å². The summed E-state index contributed by atoms with van der Waals surface area (Å²) in [6.45, 7) is 2.05. The summed E-state index contributed by atoms with van der Waals surface area (Å²) in [6, 6.07) is 1.94. The van der Waals surface area contributed by atoms with Crippen LogP contribution in [0, 0.1) is 0 Å². The second kappa shape index (κ2) is 3.30. The molecule has 1 aromatic heterocycles. The summed E-state index contributed by atoms with van der Waals surface area (Å²) in [7, 11) is 0. The monoisotopic (exact) mass is 178 g/mol. The molecule has 2 rings (SSSR count). The molecule has 1 fully saturated rings. The minimum absolute atomic E-state index is 0.653. The number of hydrazine groups is 1. The molecule has 13 heavy (non-hydrogen) atoms. The SMILES string of the molecule is CCc1nc(NN)cc(C2CC2)n1. The van der Waals surface area contributed by atoms with Gasteiger partial charge in [0, 0.05) is 24.1 Å². The van der Waals surface area contributed by atoms with E-state index >= 15 is 0 Å². The van der Waals surface area contributed by atoms with Gasteiger partial charge in [0.25, 0.3) is 0 Å². The lowest BCUT2D eigenvalue weighted by molar-refractivity contribution is 0.882. The molecule has 0 saturated heterocycles. The average molecular weight is 178 g/mol. The molecule has 0 unspecified atom stereocenters. The van der Waals surface area contributed by atoms with Gasteiger partial charge in [-0.2, -0.15) is 0 Å². The van der Waals surface area contributed by atoms with Gasteiger partial charge in [-0.05, 0) is 12.8 Å². The molecule has 0 aromatic carbocycles. The van der Waals surface area contributed by atoms with Crippen molar-refractivity contribution >= 4 is 5.82 Å². The highest BCUT2D eigenvalue weighted by molar-refractivity contribution is 5.36. The molecule has 1 aromatic rings. The van der Waals surface area contributed by atoms with Crippen LogP contribution in [0.15, 0.2) is 6.07 Å². The molecule has 0 atom stereocenters. The Morgan fingerprint density at radius 3 is 2.85 bits per heavy atom. The van der Waals surface area contributed by atoms with Gasteiger partial charge >= 0.3 is 0 Å². The van der Waals surface area contributed by atoms with Crippen molar-refractivity contribution in [2.45, 2.75) is 32.1 Å². The maximum atomic E-state index is 5.32. The largest absolute Gasteiger partial charge is 0.308 e. The van der Waals surface area contributed by atoms with Crippen molar-refractivity contribution in [1.82, 2.24) is 9.97 Å². The molecule has 4 nitrogen and oxygen atoms in total. The molecule has 0 radical (unpaired) electrons. The summed E-state index contributed by atoms with van der Waals surface area (Å²) in [5.74, 6) is 7.58. The Hall–Kier alpha value is -1.16. The third-order valence-electron chi connectivity index (χ3n) is 2.25. The van der Waals surface area contributed by atoms with Crippen LogP contribution in [-0.2, 0) is 6.42 Å². The van der Waals surface area contributed by atoms with Crippen LogP contribution in [0.4, 0.5) is 5.82 Å². The molecule has 0 aliphatic heterocycles. The number of nitrogens with one attached hydrogen (secondary N) is 1. The van der Waals surface area contributed by atoms with Crippen LogP contribution in [0.25, 0.3) is 0 Å². The maximum absolute atomic E-state index is 5.32. The van der Waals surface area contributed by atoms with Crippen LogP contribution in [0.1, 0.15) is 37.2 Å². The number of anilines is 1. The van der Waals surface area contributed by atoms with Crippen molar-refractivity contribution in [2.24, 2.45) is 5.84 Å². The number of nitrogens with zero attached hydrogens (tertiary/aromatic N) is 2. The van der Waals surface area contributed by atoms with E-state index in [4.69, 9.17) is 5.84 Å². The minimum atomic E-state index is 0.653. The van der Waals surface area contributed by atoms with Crippen molar-refractivity contribution in [3.63, 3.8) is 0 Å². The summed E-state index contributed by atoms with van der Waals surface area (Å²) in [5, 5.41) is 0. The third kappa shape index (κ3) is 1.78. The second-order valence-corrected chi connectivity index (χ2v) is 3.37. The number of nitrogens with two attached hydrogens (primary N) is 1. The van der Waals surface area contributed by atoms with Crippen LogP contribution >= 0.6 is 0 Å². The van der Waals surface area contributed by atoms with E-state index in [1.807, 2.05) is 13.0 Å². The predicted octanol–water partition coefficient (Wildman–Crippen LogP) is 1.20. The van der Waals surface area contributed by atoms with Gasteiger partial charge in [-0.15, -0.1) is 0 Å². The molecule has 1 heterocycles. The second-order valence-electron chi connectivity index (χ2n) is 3.37. The lowest BCUT2D eigenvalue weighted by Crippen LogP contribution is -2.11. The lowest BCUT2D eigenvalue weighted by Gasteiger charge is -2.04. The van der Waals surface area contributed by atoms with Crippen molar-refractivity contribution in [2.75, 3.05) is 5.43 Å². The van der Waals surface area contributed by atoms with Gasteiger partial charge in [0.2, 0.25) is 0 Å². The highest BCUT2D eigenvalue weighted by Gasteiger charge is 2.25. The van der Waals surface area contributed by atoms with Gasteiger partial charge in [-0.1, -0.05) is 6.92 Å². The van der Waals surface area contributed by atoms with Crippen LogP contribution in [0.5, 0.6) is 0 Å². The van der Waals surface area contributed by atoms with Crippen molar-refractivity contribution in [3.05, 3.63) is 17.6 Å². The highest BCUT2D eigenvalue weighted by Crippen LogP contribution is 2.39. The molecule has 0 amide bonds. The first-order valence-electron chi connectivity index (χ1n) is 4.68. The van der Waals surface area contributed by atoms with Gasteiger partial charge in [0.1, 0.15) is 11.6 Å². The molecule has 3 N–H and O–H groups in total. The number of aromatic nitrogens is 2. The first kappa shape index (κ1) is 8.44. The predicted molar refractivity (Wildman–Crippen MR) is 51.2 cm³/mol. The first-order chi connectivity index (χ1) is 6.33.